The lowest BCUT2D eigenvalue weighted by atomic mass is 10.0. The Balaban J connectivity index is 1.67. The van der Waals surface area contributed by atoms with Crippen molar-refractivity contribution in [2.24, 2.45) is 0 Å². The number of hydrogen-bond donors (Lipinski definition) is 0. The maximum atomic E-state index is 12.5. The van der Waals surface area contributed by atoms with E-state index in [-0.39, 0.29) is 18.0 Å². The maximum Gasteiger partial charge on any atom is 0.410 e. The van der Waals surface area contributed by atoms with E-state index in [1.54, 1.807) is 4.90 Å². The number of hydrogen-bond acceptors (Lipinski definition) is 3. The van der Waals surface area contributed by atoms with Gasteiger partial charge in [0, 0.05) is 29.3 Å². The molecule has 130 valence electrons. The van der Waals surface area contributed by atoms with Gasteiger partial charge < -0.3 is 14.5 Å². The summed E-state index contributed by atoms with van der Waals surface area (Å²) in [7, 11) is 0. The number of halogens is 1. The van der Waals surface area contributed by atoms with Gasteiger partial charge >= 0.3 is 6.09 Å². The Bertz CT molecular complexity index is 661. The molecule has 0 unspecified atom stereocenters. The zero-order chi connectivity index (χ0) is 17.5. The van der Waals surface area contributed by atoms with Gasteiger partial charge in [-0.15, -0.1) is 0 Å². The van der Waals surface area contributed by atoms with Gasteiger partial charge in [-0.2, -0.15) is 0 Å². The van der Waals surface area contributed by atoms with Crippen LogP contribution in [0.4, 0.5) is 10.5 Å². The number of piperidine rings is 1. The quantitative estimate of drug-likeness (QED) is 0.728. The molecule has 0 saturated carbocycles. The van der Waals surface area contributed by atoms with Gasteiger partial charge in [0.25, 0.3) is 0 Å². The van der Waals surface area contributed by atoms with Crippen molar-refractivity contribution in [3.63, 3.8) is 0 Å². The summed E-state index contributed by atoms with van der Waals surface area (Å²) in [6.07, 6.45) is 1.75. The van der Waals surface area contributed by atoms with Gasteiger partial charge in [0.15, 0.2) is 0 Å². The highest BCUT2D eigenvalue weighted by molar-refractivity contribution is 9.10. The summed E-state index contributed by atoms with van der Waals surface area (Å²) < 4.78 is 6.41. The summed E-state index contributed by atoms with van der Waals surface area (Å²) in [5.74, 6) is 0.152. The van der Waals surface area contributed by atoms with Crippen molar-refractivity contribution < 1.29 is 14.3 Å². The third-order valence-electron chi connectivity index (χ3n) is 4.40. The summed E-state index contributed by atoms with van der Waals surface area (Å²) in [5.41, 5.74) is 1.60. The highest BCUT2D eigenvalue weighted by Gasteiger charge is 2.36. The first kappa shape index (κ1) is 17.3. The van der Waals surface area contributed by atoms with Gasteiger partial charge in [0.1, 0.15) is 5.60 Å². The Morgan fingerprint density at radius 2 is 1.92 bits per heavy atom. The van der Waals surface area contributed by atoms with E-state index in [1.165, 1.54) is 0 Å². The summed E-state index contributed by atoms with van der Waals surface area (Å²) in [6, 6.07) is 6.14. The Hall–Kier alpha value is -1.56. The van der Waals surface area contributed by atoms with Crippen LogP contribution in [0.15, 0.2) is 22.7 Å². The van der Waals surface area contributed by atoms with Crippen LogP contribution in [0.25, 0.3) is 0 Å². The second-order valence-electron chi connectivity index (χ2n) is 7.41. The molecule has 1 aromatic rings. The molecular weight excluding hydrogens is 372 g/mol. The number of fused-ring (bicyclic) bond motifs is 1. The molecule has 0 atom stereocenters. The predicted molar refractivity (Wildman–Crippen MR) is 96.2 cm³/mol. The van der Waals surface area contributed by atoms with Gasteiger partial charge in [0.2, 0.25) is 5.91 Å². The molecule has 2 amide bonds. The zero-order valence-electron chi connectivity index (χ0n) is 14.3. The molecule has 0 bridgehead atoms. The van der Waals surface area contributed by atoms with Crippen molar-refractivity contribution in [3.8, 4) is 0 Å². The van der Waals surface area contributed by atoms with Crippen LogP contribution in [0, 0.1) is 0 Å². The van der Waals surface area contributed by atoms with E-state index in [0.29, 0.717) is 19.5 Å². The Morgan fingerprint density at radius 3 is 2.54 bits per heavy atom. The Kier molecular flexibility index (Phi) is 4.60. The number of rotatable bonds is 1. The van der Waals surface area contributed by atoms with Crippen LogP contribution < -0.4 is 4.90 Å². The van der Waals surface area contributed by atoms with E-state index >= 15 is 0 Å². The van der Waals surface area contributed by atoms with E-state index in [1.807, 2.05) is 43.9 Å². The maximum absolute atomic E-state index is 12.5. The van der Waals surface area contributed by atoms with Gasteiger partial charge in [0.05, 0.1) is 6.42 Å². The first-order valence-corrected chi connectivity index (χ1v) is 9.12. The van der Waals surface area contributed by atoms with Crippen LogP contribution in [0.1, 0.15) is 39.2 Å². The van der Waals surface area contributed by atoms with Crippen LogP contribution in [0.2, 0.25) is 0 Å². The van der Waals surface area contributed by atoms with Crippen molar-refractivity contribution in [2.45, 2.75) is 51.7 Å². The minimum Gasteiger partial charge on any atom is -0.444 e. The summed E-state index contributed by atoms with van der Waals surface area (Å²) in [5, 5.41) is 0. The lowest BCUT2D eigenvalue weighted by Crippen LogP contribution is -2.49. The minimum absolute atomic E-state index is 0.145. The number of benzene rings is 1. The third-order valence-corrected chi connectivity index (χ3v) is 4.89. The molecule has 2 aliphatic heterocycles. The zero-order valence-corrected chi connectivity index (χ0v) is 15.9. The van der Waals surface area contributed by atoms with Crippen LogP contribution in [-0.4, -0.2) is 41.6 Å². The number of carbonyl (C=O) groups excluding carboxylic acids is 2. The second kappa shape index (κ2) is 6.39. The van der Waals surface area contributed by atoms with E-state index in [4.69, 9.17) is 4.74 Å². The van der Waals surface area contributed by atoms with Crippen LogP contribution in [0.3, 0.4) is 0 Å². The Morgan fingerprint density at radius 1 is 1.25 bits per heavy atom. The first-order chi connectivity index (χ1) is 11.2. The van der Waals surface area contributed by atoms with Crippen LogP contribution in [0.5, 0.6) is 0 Å². The number of carbonyl (C=O) groups is 2. The molecule has 24 heavy (non-hydrogen) atoms. The lowest BCUT2D eigenvalue weighted by molar-refractivity contribution is -0.118. The van der Waals surface area contributed by atoms with Crippen LogP contribution >= 0.6 is 15.9 Å². The van der Waals surface area contributed by atoms with Crippen molar-refractivity contribution in [1.82, 2.24) is 4.90 Å². The van der Waals surface area contributed by atoms with Gasteiger partial charge in [-0.05, 0) is 51.3 Å². The topological polar surface area (TPSA) is 49.9 Å². The molecule has 1 saturated heterocycles. The van der Waals surface area contributed by atoms with Crippen molar-refractivity contribution in [2.75, 3.05) is 18.0 Å². The van der Waals surface area contributed by atoms with Crippen molar-refractivity contribution in [3.05, 3.63) is 28.2 Å². The second-order valence-corrected chi connectivity index (χ2v) is 8.33. The fraction of sp³-hybridized carbons (Fsp3) is 0.556. The SMILES string of the molecule is CC(C)(C)OC(=O)N1CCC(N2C(=O)Cc3ccc(Br)cc32)CC1. The first-order valence-electron chi connectivity index (χ1n) is 8.33. The average molecular weight is 395 g/mol. The highest BCUT2D eigenvalue weighted by Crippen LogP contribution is 2.35. The molecule has 5 nitrogen and oxygen atoms in total. The van der Waals surface area contributed by atoms with E-state index in [9.17, 15) is 9.59 Å². The summed E-state index contributed by atoms with van der Waals surface area (Å²) >= 11 is 3.49. The largest absolute Gasteiger partial charge is 0.444 e. The predicted octanol–water partition coefficient (Wildman–Crippen LogP) is 3.74. The van der Waals surface area contributed by atoms with Gasteiger partial charge in [-0.1, -0.05) is 22.0 Å². The number of ether oxygens (including phenoxy) is 1. The molecule has 1 fully saturated rings. The summed E-state index contributed by atoms with van der Waals surface area (Å²) in [4.78, 5) is 28.3. The number of likely N-dealkylation sites (tertiary alicyclic amines) is 1. The molecule has 0 N–H and O–H groups in total. The number of anilines is 1. The highest BCUT2D eigenvalue weighted by atomic mass is 79.9. The molecule has 0 spiro atoms. The molecule has 0 aromatic heterocycles. The van der Waals surface area contributed by atoms with Crippen LogP contribution in [-0.2, 0) is 16.0 Å². The fourth-order valence-corrected chi connectivity index (χ4v) is 3.68. The van der Waals surface area contributed by atoms with Gasteiger partial charge in [-0.25, -0.2) is 4.79 Å². The molecule has 0 aliphatic carbocycles. The molecule has 0 radical (unpaired) electrons. The fourth-order valence-electron chi connectivity index (χ4n) is 3.33. The molecule has 2 heterocycles. The minimum atomic E-state index is -0.482. The number of amides is 2. The monoisotopic (exact) mass is 394 g/mol. The normalized spacial score (nSPS) is 18.8. The Labute approximate surface area is 151 Å². The third kappa shape index (κ3) is 3.58. The molecule has 3 rings (SSSR count). The van der Waals surface area contributed by atoms with E-state index < -0.39 is 5.60 Å². The smallest absolute Gasteiger partial charge is 0.410 e. The lowest BCUT2D eigenvalue weighted by Gasteiger charge is -2.37. The molecule has 6 heteroatoms. The number of nitrogens with zero attached hydrogens (tertiary/aromatic N) is 2. The van der Waals surface area contributed by atoms with E-state index in [2.05, 4.69) is 15.9 Å². The molecular formula is C18H23BrN2O3. The summed E-state index contributed by atoms with van der Waals surface area (Å²) in [6.45, 7) is 6.85. The van der Waals surface area contributed by atoms with Crippen molar-refractivity contribution >= 4 is 33.6 Å². The molecule has 1 aromatic carbocycles. The van der Waals surface area contributed by atoms with E-state index in [0.717, 1.165) is 28.6 Å². The average Bonchev–Trinajstić information content (AvgIpc) is 2.81. The molecule has 2 aliphatic rings. The van der Waals surface area contributed by atoms with Crippen molar-refractivity contribution in [1.29, 1.82) is 0 Å². The standard InChI is InChI=1S/C18H23BrN2O3/c1-18(2,3)24-17(23)20-8-6-14(7-9-20)21-15-11-13(19)5-4-12(15)10-16(21)22/h4-5,11,14H,6-10H2,1-3H3. The van der Waals surface area contributed by atoms with Gasteiger partial charge in [-0.3, -0.25) is 4.79 Å².